The van der Waals surface area contributed by atoms with E-state index in [1.807, 2.05) is 19.1 Å². The lowest BCUT2D eigenvalue weighted by Gasteiger charge is -2.02. The van der Waals surface area contributed by atoms with Gasteiger partial charge < -0.3 is 5.11 Å². The van der Waals surface area contributed by atoms with E-state index in [2.05, 4.69) is 17.0 Å². The minimum atomic E-state index is -0.343. The van der Waals surface area contributed by atoms with Crippen LogP contribution < -0.4 is 5.56 Å². The summed E-state index contributed by atoms with van der Waals surface area (Å²) in [6.07, 6.45) is 2.33. The summed E-state index contributed by atoms with van der Waals surface area (Å²) in [5.74, 6) is -0.106. The maximum atomic E-state index is 13.2. The summed E-state index contributed by atoms with van der Waals surface area (Å²) >= 11 is 0. The molecule has 3 aromatic rings. The second kappa shape index (κ2) is 8.69. The lowest BCUT2D eigenvalue weighted by Crippen LogP contribution is -2.20. The largest absolute Gasteiger partial charge is 0.508 e. The Kier molecular flexibility index (Phi) is 6.09. The molecular formula is C22H24FN3O2. The average molecular weight is 381 g/mol. The van der Waals surface area contributed by atoms with Crippen molar-refractivity contribution in [2.75, 3.05) is 6.54 Å². The third kappa shape index (κ3) is 4.39. The number of aryl methyl sites for hydroxylation is 1. The second-order valence-electron chi connectivity index (χ2n) is 6.72. The standard InChI is InChI=1S/C22H24FN3O2/c1-3-4-20-21(15(2)24-14-13-16-5-11-19(27)12-6-16)22(28)26(25-20)18-9-7-17(23)8-10-18/h5-12,25,27H,3-4,13-14H2,1-2H3. The first-order valence-corrected chi connectivity index (χ1v) is 9.38. The number of phenolic OH excluding ortho intramolecular Hbond substituents is 1. The molecule has 1 heterocycles. The molecular weight excluding hydrogens is 357 g/mol. The number of benzene rings is 2. The van der Waals surface area contributed by atoms with Crippen molar-refractivity contribution in [1.82, 2.24) is 9.78 Å². The van der Waals surface area contributed by atoms with Gasteiger partial charge in [0.15, 0.2) is 0 Å². The van der Waals surface area contributed by atoms with Gasteiger partial charge in [-0.15, -0.1) is 0 Å². The van der Waals surface area contributed by atoms with Gasteiger partial charge in [-0.1, -0.05) is 25.5 Å². The number of aromatic nitrogens is 2. The number of hydrogen-bond acceptors (Lipinski definition) is 3. The highest BCUT2D eigenvalue weighted by atomic mass is 19.1. The van der Waals surface area contributed by atoms with Crippen molar-refractivity contribution >= 4 is 5.71 Å². The first-order chi connectivity index (χ1) is 13.5. The SMILES string of the molecule is CCCc1[nH]n(-c2ccc(F)cc2)c(=O)c1C(C)=NCCc1ccc(O)cc1. The van der Waals surface area contributed by atoms with E-state index < -0.39 is 0 Å². The van der Waals surface area contributed by atoms with Crippen LogP contribution in [0.5, 0.6) is 5.75 Å². The zero-order valence-corrected chi connectivity index (χ0v) is 16.1. The Bertz CT molecular complexity index is 1020. The van der Waals surface area contributed by atoms with E-state index in [0.717, 1.165) is 30.5 Å². The first-order valence-electron chi connectivity index (χ1n) is 9.38. The lowest BCUT2D eigenvalue weighted by atomic mass is 10.1. The molecule has 6 heteroatoms. The summed E-state index contributed by atoms with van der Waals surface area (Å²) in [5, 5.41) is 12.5. The third-order valence-corrected chi connectivity index (χ3v) is 4.60. The summed E-state index contributed by atoms with van der Waals surface area (Å²) in [6.45, 7) is 4.44. The quantitative estimate of drug-likeness (QED) is 0.607. The number of hydrogen-bond donors (Lipinski definition) is 2. The van der Waals surface area contributed by atoms with Crippen LogP contribution in [-0.4, -0.2) is 27.1 Å². The molecule has 0 saturated carbocycles. The Morgan fingerprint density at radius 2 is 1.79 bits per heavy atom. The molecule has 0 saturated heterocycles. The average Bonchev–Trinajstić information content (AvgIpc) is 3.00. The van der Waals surface area contributed by atoms with Crippen LogP contribution in [0, 0.1) is 5.82 Å². The summed E-state index contributed by atoms with van der Waals surface area (Å²) < 4.78 is 14.7. The number of halogens is 1. The highest BCUT2D eigenvalue weighted by Crippen LogP contribution is 2.13. The molecule has 0 atom stereocenters. The van der Waals surface area contributed by atoms with Crippen molar-refractivity contribution in [2.45, 2.75) is 33.1 Å². The maximum Gasteiger partial charge on any atom is 0.280 e. The molecule has 28 heavy (non-hydrogen) atoms. The predicted octanol–water partition coefficient (Wildman–Crippen LogP) is 4.01. The Hall–Kier alpha value is -3.15. The Morgan fingerprint density at radius 3 is 2.43 bits per heavy atom. The molecule has 146 valence electrons. The molecule has 0 aliphatic heterocycles. The summed E-state index contributed by atoms with van der Waals surface area (Å²) in [7, 11) is 0. The smallest absolute Gasteiger partial charge is 0.280 e. The van der Waals surface area contributed by atoms with Gasteiger partial charge >= 0.3 is 0 Å². The Balaban J connectivity index is 1.87. The van der Waals surface area contributed by atoms with Crippen molar-refractivity contribution in [2.24, 2.45) is 4.99 Å². The number of nitrogens with one attached hydrogen (secondary N) is 1. The van der Waals surface area contributed by atoms with Gasteiger partial charge in [0.05, 0.1) is 11.3 Å². The van der Waals surface area contributed by atoms with Crippen molar-refractivity contribution in [3.8, 4) is 11.4 Å². The van der Waals surface area contributed by atoms with Gasteiger partial charge in [0, 0.05) is 18.0 Å². The lowest BCUT2D eigenvalue weighted by molar-refractivity contribution is 0.475. The summed E-state index contributed by atoms with van der Waals surface area (Å²) in [6, 6.07) is 12.8. The highest BCUT2D eigenvalue weighted by molar-refractivity contribution is 5.99. The van der Waals surface area contributed by atoms with Gasteiger partial charge in [-0.2, -0.15) is 0 Å². The van der Waals surface area contributed by atoms with Gasteiger partial charge in [-0.05, 0) is 61.7 Å². The molecule has 2 aromatic carbocycles. The summed E-state index contributed by atoms with van der Waals surface area (Å²) in [4.78, 5) is 17.6. The van der Waals surface area contributed by atoms with Crippen LogP contribution in [0.25, 0.3) is 5.69 Å². The number of aliphatic imine (C=N–C) groups is 1. The van der Waals surface area contributed by atoms with Gasteiger partial charge in [0.25, 0.3) is 5.56 Å². The zero-order chi connectivity index (χ0) is 20.1. The second-order valence-corrected chi connectivity index (χ2v) is 6.72. The van der Waals surface area contributed by atoms with Crippen molar-refractivity contribution < 1.29 is 9.50 Å². The van der Waals surface area contributed by atoms with Crippen LogP contribution in [0.4, 0.5) is 4.39 Å². The number of aromatic amines is 1. The molecule has 5 nitrogen and oxygen atoms in total. The molecule has 0 aliphatic carbocycles. The normalized spacial score (nSPS) is 11.8. The van der Waals surface area contributed by atoms with E-state index in [1.54, 1.807) is 24.3 Å². The predicted molar refractivity (Wildman–Crippen MR) is 109 cm³/mol. The van der Waals surface area contributed by atoms with Gasteiger partial charge in [0.2, 0.25) is 0 Å². The fourth-order valence-corrected chi connectivity index (χ4v) is 3.15. The molecule has 0 aliphatic rings. The molecule has 3 rings (SSSR count). The van der Waals surface area contributed by atoms with E-state index >= 15 is 0 Å². The third-order valence-electron chi connectivity index (χ3n) is 4.60. The number of nitrogens with zero attached hydrogens (tertiary/aromatic N) is 2. The number of H-pyrrole nitrogens is 1. The number of phenols is 1. The van der Waals surface area contributed by atoms with Gasteiger partial charge in [0.1, 0.15) is 11.6 Å². The van der Waals surface area contributed by atoms with E-state index in [-0.39, 0.29) is 17.1 Å². The number of aromatic hydroxyl groups is 1. The van der Waals surface area contributed by atoms with Crippen LogP contribution >= 0.6 is 0 Å². The van der Waals surface area contributed by atoms with Crippen molar-refractivity contribution in [3.05, 3.63) is 81.5 Å². The Morgan fingerprint density at radius 1 is 1.11 bits per heavy atom. The van der Waals surface area contributed by atoms with Crippen LogP contribution in [0.1, 0.15) is 37.1 Å². The topological polar surface area (TPSA) is 70.4 Å². The molecule has 0 fully saturated rings. The van der Waals surface area contributed by atoms with Crippen molar-refractivity contribution in [3.63, 3.8) is 0 Å². The fraction of sp³-hybridized carbons (Fsp3) is 0.273. The van der Waals surface area contributed by atoms with Gasteiger partial charge in [-0.25, -0.2) is 9.07 Å². The van der Waals surface area contributed by atoms with Crippen molar-refractivity contribution in [1.29, 1.82) is 0 Å². The molecule has 0 spiro atoms. The molecule has 0 bridgehead atoms. The summed E-state index contributed by atoms with van der Waals surface area (Å²) in [5.41, 5.74) is 3.58. The highest BCUT2D eigenvalue weighted by Gasteiger charge is 2.17. The zero-order valence-electron chi connectivity index (χ0n) is 16.1. The Labute approximate surface area is 163 Å². The van der Waals surface area contributed by atoms with E-state index in [9.17, 15) is 14.3 Å². The first kappa shape index (κ1) is 19.6. The minimum absolute atomic E-state index is 0.180. The van der Waals surface area contributed by atoms with E-state index in [0.29, 0.717) is 23.5 Å². The number of rotatable bonds is 7. The molecule has 1 aromatic heterocycles. The minimum Gasteiger partial charge on any atom is -0.508 e. The van der Waals surface area contributed by atoms with E-state index in [4.69, 9.17) is 0 Å². The molecule has 0 amide bonds. The maximum absolute atomic E-state index is 13.2. The van der Waals surface area contributed by atoms with Crippen LogP contribution in [-0.2, 0) is 12.8 Å². The van der Waals surface area contributed by atoms with Crippen LogP contribution in [0.2, 0.25) is 0 Å². The van der Waals surface area contributed by atoms with E-state index in [1.165, 1.54) is 16.8 Å². The molecule has 2 N–H and O–H groups in total. The van der Waals surface area contributed by atoms with Crippen LogP contribution in [0.15, 0.2) is 58.3 Å². The van der Waals surface area contributed by atoms with Crippen LogP contribution in [0.3, 0.4) is 0 Å². The monoisotopic (exact) mass is 381 g/mol. The fourth-order valence-electron chi connectivity index (χ4n) is 3.15. The van der Waals surface area contributed by atoms with Gasteiger partial charge in [-0.3, -0.25) is 14.9 Å². The molecule has 0 unspecified atom stereocenters. The molecule has 0 radical (unpaired) electrons.